The molecule has 0 aliphatic carbocycles. The highest BCUT2D eigenvalue weighted by Crippen LogP contribution is 2.29. The number of carbonyl (C=O) groups excluding carboxylic acids is 3. The maximum absolute atomic E-state index is 12.8. The summed E-state index contributed by atoms with van der Waals surface area (Å²) in [6.45, 7) is 2.40. The van der Waals surface area contributed by atoms with Crippen molar-refractivity contribution in [1.29, 1.82) is 0 Å². The summed E-state index contributed by atoms with van der Waals surface area (Å²) < 4.78 is 5.44. The van der Waals surface area contributed by atoms with Crippen LogP contribution in [0.3, 0.4) is 0 Å². The van der Waals surface area contributed by atoms with Crippen molar-refractivity contribution in [3.8, 4) is 0 Å². The number of hydrogen-bond donors (Lipinski definition) is 1. The van der Waals surface area contributed by atoms with Crippen LogP contribution in [0.4, 0.5) is 0 Å². The van der Waals surface area contributed by atoms with E-state index in [1.54, 1.807) is 9.80 Å². The Morgan fingerprint density at radius 2 is 1.92 bits per heavy atom. The van der Waals surface area contributed by atoms with Gasteiger partial charge in [-0.2, -0.15) is 0 Å². The molecule has 7 nitrogen and oxygen atoms in total. The summed E-state index contributed by atoms with van der Waals surface area (Å²) >= 11 is 0. The van der Waals surface area contributed by atoms with Crippen LogP contribution in [0, 0.1) is 0 Å². The molecular weight excluding hydrogens is 334 g/mol. The Balaban J connectivity index is 1.68. The quantitative estimate of drug-likeness (QED) is 0.801. The van der Waals surface area contributed by atoms with Crippen LogP contribution in [0.25, 0.3) is 0 Å². The molecule has 7 heteroatoms. The molecular formula is C19H25N3O4. The van der Waals surface area contributed by atoms with E-state index in [2.05, 4.69) is 0 Å². The van der Waals surface area contributed by atoms with Crippen molar-refractivity contribution < 1.29 is 19.1 Å². The number of nitrogens with zero attached hydrogens (tertiary/aromatic N) is 2. The maximum Gasteiger partial charge on any atom is 0.329 e. The Bertz CT molecular complexity index is 679. The molecule has 2 fully saturated rings. The SMILES string of the molecule is CC(=O)N1CC[C@H]2CC[C@@H](C(=O)OCc3ccccc3)N2C(=O)[C@@H](N)C1. The number of fused-ring (bicyclic) bond motifs is 1. The van der Waals surface area contributed by atoms with E-state index in [0.29, 0.717) is 19.4 Å². The predicted octanol–water partition coefficient (Wildman–Crippen LogP) is 0.669. The van der Waals surface area contributed by atoms with Gasteiger partial charge in [0, 0.05) is 26.1 Å². The molecule has 26 heavy (non-hydrogen) atoms. The van der Waals surface area contributed by atoms with Gasteiger partial charge in [-0.15, -0.1) is 0 Å². The first-order valence-electron chi connectivity index (χ1n) is 9.01. The van der Waals surface area contributed by atoms with E-state index in [1.807, 2.05) is 30.3 Å². The van der Waals surface area contributed by atoms with Crippen LogP contribution in [0.1, 0.15) is 31.7 Å². The van der Waals surface area contributed by atoms with Gasteiger partial charge < -0.3 is 20.3 Å². The maximum atomic E-state index is 12.8. The van der Waals surface area contributed by atoms with Crippen LogP contribution >= 0.6 is 0 Å². The molecule has 140 valence electrons. The van der Waals surface area contributed by atoms with Gasteiger partial charge in [-0.1, -0.05) is 30.3 Å². The smallest absolute Gasteiger partial charge is 0.329 e. The second kappa shape index (κ2) is 7.86. The first kappa shape index (κ1) is 18.4. The Labute approximate surface area is 153 Å². The van der Waals surface area contributed by atoms with E-state index in [1.165, 1.54) is 6.92 Å². The van der Waals surface area contributed by atoms with Crippen molar-refractivity contribution in [1.82, 2.24) is 9.80 Å². The van der Waals surface area contributed by atoms with Gasteiger partial charge in [-0.05, 0) is 24.8 Å². The highest BCUT2D eigenvalue weighted by molar-refractivity contribution is 5.89. The topological polar surface area (TPSA) is 92.9 Å². The van der Waals surface area contributed by atoms with Crippen LogP contribution in [0.5, 0.6) is 0 Å². The molecule has 2 heterocycles. The zero-order chi connectivity index (χ0) is 18.7. The predicted molar refractivity (Wildman–Crippen MR) is 94.7 cm³/mol. The monoisotopic (exact) mass is 359 g/mol. The van der Waals surface area contributed by atoms with Gasteiger partial charge in [0.25, 0.3) is 0 Å². The number of carbonyl (C=O) groups is 3. The summed E-state index contributed by atoms with van der Waals surface area (Å²) in [7, 11) is 0. The van der Waals surface area contributed by atoms with Gasteiger partial charge >= 0.3 is 5.97 Å². The van der Waals surface area contributed by atoms with Crippen molar-refractivity contribution in [3.05, 3.63) is 35.9 Å². The van der Waals surface area contributed by atoms with Crippen LogP contribution < -0.4 is 5.73 Å². The van der Waals surface area contributed by atoms with Gasteiger partial charge in [-0.3, -0.25) is 9.59 Å². The average molecular weight is 359 g/mol. The first-order chi connectivity index (χ1) is 12.5. The van der Waals surface area contributed by atoms with E-state index < -0.39 is 12.1 Å². The molecule has 3 atom stereocenters. The van der Waals surface area contributed by atoms with Gasteiger partial charge in [0.15, 0.2) is 0 Å². The van der Waals surface area contributed by atoms with E-state index >= 15 is 0 Å². The number of nitrogens with two attached hydrogens (primary N) is 1. The average Bonchev–Trinajstić information content (AvgIpc) is 3.05. The zero-order valence-corrected chi connectivity index (χ0v) is 15.0. The van der Waals surface area contributed by atoms with Gasteiger partial charge in [-0.25, -0.2) is 4.79 Å². The molecule has 0 bridgehead atoms. The lowest BCUT2D eigenvalue weighted by Gasteiger charge is -2.36. The number of ether oxygens (including phenoxy) is 1. The molecule has 2 N–H and O–H groups in total. The fourth-order valence-corrected chi connectivity index (χ4v) is 3.75. The van der Waals surface area contributed by atoms with E-state index in [0.717, 1.165) is 12.0 Å². The summed E-state index contributed by atoms with van der Waals surface area (Å²) in [6, 6.07) is 7.96. The summed E-state index contributed by atoms with van der Waals surface area (Å²) in [5, 5.41) is 0. The fourth-order valence-electron chi connectivity index (χ4n) is 3.75. The van der Waals surface area contributed by atoms with Crippen molar-refractivity contribution >= 4 is 17.8 Å². The van der Waals surface area contributed by atoms with Crippen molar-refractivity contribution in [3.63, 3.8) is 0 Å². The minimum absolute atomic E-state index is 0.0787. The number of hydrogen-bond acceptors (Lipinski definition) is 5. The Hall–Kier alpha value is -2.41. The third kappa shape index (κ3) is 3.88. The third-order valence-corrected chi connectivity index (χ3v) is 5.16. The van der Waals surface area contributed by atoms with E-state index in [9.17, 15) is 14.4 Å². The molecule has 0 saturated carbocycles. The lowest BCUT2D eigenvalue weighted by molar-refractivity contribution is -0.157. The fraction of sp³-hybridized carbons (Fsp3) is 0.526. The summed E-state index contributed by atoms with van der Waals surface area (Å²) in [6.07, 6.45) is 1.94. The minimum atomic E-state index is -0.816. The summed E-state index contributed by atoms with van der Waals surface area (Å²) in [5.74, 6) is -0.750. The minimum Gasteiger partial charge on any atom is -0.459 e. The highest BCUT2D eigenvalue weighted by atomic mass is 16.5. The third-order valence-electron chi connectivity index (χ3n) is 5.16. The second-order valence-electron chi connectivity index (χ2n) is 6.95. The van der Waals surface area contributed by atoms with Crippen LogP contribution in [0.15, 0.2) is 30.3 Å². The van der Waals surface area contributed by atoms with Crippen LogP contribution in [-0.4, -0.2) is 58.8 Å². The number of amides is 2. The Morgan fingerprint density at radius 1 is 1.19 bits per heavy atom. The number of rotatable bonds is 3. The van der Waals surface area contributed by atoms with Crippen molar-refractivity contribution in [2.24, 2.45) is 5.73 Å². The summed E-state index contributed by atoms with van der Waals surface area (Å²) in [4.78, 5) is 40.3. The van der Waals surface area contributed by atoms with Gasteiger partial charge in [0.1, 0.15) is 18.7 Å². The van der Waals surface area contributed by atoms with Gasteiger partial charge in [0.05, 0.1) is 0 Å². The molecule has 2 saturated heterocycles. The standard InChI is InChI=1S/C19H25N3O4/c1-13(23)21-10-9-15-7-8-17(22(15)18(24)16(20)11-21)19(25)26-12-14-5-3-2-4-6-14/h2-6,15-17H,7-12,20H2,1H3/t15-,16+,17+/m1/s1. The molecule has 0 spiro atoms. The van der Waals surface area contributed by atoms with E-state index in [-0.39, 0.29) is 37.0 Å². The molecule has 3 rings (SSSR count). The molecule has 0 unspecified atom stereocenters. The Morgan fingerprint density at radius 3 is 2.62 bits per heavy atom. The molecule has 2 amide bonds. The van der Waals surface area contributed by atoms with E-state index in [4.69, 9.17) is 10.5 Å². The molecule has 2 aliphatic heterocycles. The van der Waals surface area contributed by atoms with Gasteiger partial charge in [0.2, 0.25) is 11.8 Å². The molecule has 1 aromatic carbocycles. The summed E-state index contributed by atoms with van der Waals surface area (Å²) in [5.41, 5.74) is 6.93. The number of benzene rings is 1. The zero-order valence-electron chi connectivity index (χ0n) is 15.0. The molecule has 0 aromatic heterocycles. The largest absolute Gasteiger partial charge is 0.459 e. The lowest BCUT2D eigenvalue weighted by Crippen LogP contribution is -2.58. The van der Waals surface area contributed by atoms with Crippen LogP contribution in [0.2, 0.25) is 0 Å². The van der Waals surface area contributed by atoms with Crippen LogP contribution in [-0.2, 0) is 25.7 Å². The first-order valence-corrected chi connectivity index (χ1v) is 9.01. The lowest BCUT2D eigenvalue weighted by atomic mass is 10.1. The normalized spacial score (nSPS) is 26.1. The molecule has 2 aliphatic rings. The second-order valence-corrected chi connectivity index (χ2v) is 6.95. The highest BCUT2D eigenvalue weighted by Gasteiger charge is 2.44. The van der Waals surface area contributed by atoms with Crippen molar-refractivity contribution in [2.75, 3.05) is 13.1 Å². The molecule has 0 radical (unpaired) electrons. The molecule has 1 aromatic rings. The number of esters is 1. The Kier molecular flexibility index (Phi) is 5.56. The van der Waals surface area contributed by atoms with Crippen molar-refractivity contribution in [2.45, 2.75) is 50.9 Å².